The third kappa shape index (κ3) is 3.85. The predicted molar refractivity (Wildman–Crippen MR) is 69.9 cm³/mol. The minimum Gasteiger partial charge on any atom is -0.489 e. The summed E-state index contributed by atoms with van der Waals surface area (Å²) in [4.78, 5) is 0. The van der Waals surface area contributed by atoms with Crippen molar-refractivity contribution in [1.82, 2.24) is 0 Å². The van der Waals surface area contributed by atoms with E-state index >= 15 is 0 Å². The highest BCUT2D eigenvalue weighted by Gasteiger charge is 2.04. The van der Waals surface area contributed by atoms with Crippen LogP contribution in [0.3, 0.4) is 0 Å². The van der Waals surface area contributed by atoms with Gasteiger partial charge in [-0.05, 0) is 32.9 Å². The summed E-state index contributed by atoms with van der Waals surface area (Å²) < 4.78 is 5.61. The van der Waals surface area contributed by atoms with E-state index in [1.54, 1.807) is 0 Å². The zero-order valence-electron chi connectivity index (χ0n) is 10.2. The van der Waals surface area contributed by atoms with Gasteiger partial charge in [0.05, 0.1) is 11.8 Å². The van der Waals surface area contributed by atoms with Crippen LogP contribution in [-0.4, -0.2) is 12.6 Å². The summed E-state index contributed by atoms with van der Waals surface area (Å²) in [5.41, 5.74) is 8.56. The number of anilines is 2. The Hall–Kier alpha value is -1.64. The number of hydrogen-bond donors (Lipinski definition) is 2. The van der Waals surface area contributed by atoms with Crippen LogP contribution in [0.4, 0.5) is 11.4 Å². The summed E-state index contributed by atoms with van der Waals surface area (Å²) in [6.07, 6.45) is 0.124. The first kappa shape index (κ1) is 12.4. The van der Waals surface area contributed by atoms with E-state index in [9.17, 15) is 0 Å². The topological polar surface area (TPSA) is 47.3 Å². The maximum atomic E-state index is 5.82. The fourth-order valence-corrected chi connectivity index (χ4v) is 1.25. The van der Waals surface area contributed by atoms with Crippen molar-refractivity contribution in [2.24, 2.45) is 0 Å². The highest BCUT2D eigenvalue weighted by Crippen LogP contribution is 2.26. The predicted octanol–water partition coefficient (Wildman–Crippen LogP) is 3.04. The summed E-state index contributed by atoms with van der Waals surface area (Å²) in [5, 5.41) is 3.25. The zero-order valence-corrected chi connectivity index (χ0v) is 10.2. The van der Waals surface area contributed by atoms with Crippen molar-refractivity contribution in [3.63, 3.8) is 0 Å². The van der Waals surface area contributed by atoms with Gasteiger partial charge in [-0.3, -0.25) is 0 Å². The van der Waals surface area contributed by atoms with Gasteiger partial charge in [-0.15, -0.1) is 0 Å². The normalized spacial score (nSPS) is 10.2. The van der Waals surface area contributed by atoms with Crippen LogP contribution in [0, 0.1) is 0 Å². The Morgan fingerprint density at radius 2 is 2.19 bits per heavy atom. The van der Waals surface area contributed by atoms with E-state index in [0.29, 0.717) is 5.69 Å². The van der Waals surface area contributed by atoms with Crippen molar-refractivity contribution in [2.45, 2.75) is 26.9 Å². The molecule has 3 heteroatoms. The lowest BCUT2D eigenvalue weighted by Gasteiger charge is -2.14. The molecular formula is C13H20N2O. The Balaban J connectivity index is 2.76. The van der Waals surface area contributed by atoms with Gasteiger partial charge in [-0.25, -0.2) is 0 Å². The van der Waals surface area contributed by atoms with Crippen LogP contribution in [0.25, 0.3) is 0 Å². The van der Waals surface area contributed by atoms with E-state index in [-0.39, 0.29) is 6.10 Å². The van der Waals surface area contributed by atoms with Crippen LogP contribution in [0.15, 0.2) is 30.4 Å². The third-order valence-corrected chi connectivity index (χ3v) is 1.97. The van der Waals surface area contributed by atoms with E-state index in [1.807, 2.05) is 39.0 Å². The average molecular weight is 220 g/mol. The van der Waals surface area contributed by atoms with Crippen molar-refractivity contribution in [2.75, 3.05) is 17.6 Å². The summed E-state index contributed by atoms with van der Waals surface area (Å²) in [6.45, 7) is 10.5. The Morgan fingerprint density at radius 1 is 1.50 bits per heavy atom. The quantitative estimate of drug-likeness (QED) is 0.592. The highest BCUT2D eigenvalue weighted by molar-refractivity contribution is 5.61. The molecule has 0 radical (unpaired) electrons. The lowest BCUT2D eigenvalue weighted by atomic mass is 10.2. The van der Waals surface area contributed by atoms with Crippen LogP contribution in [0.2, 0.25) is 0 Å². The van der Waals surface area contributed by atoms with E-state index in [2.05, 4.69) is 11.9 Å². The van der Waals surface area contributed by atoms with Crippen molar-refractivity contribution in [3.8, 4) is 5.75 Å². The van der Waals surface area contributed by atoms with Crippen LogP contribution in [-0.2, 0) is 0 Å². The molecule has 0 saturated heterocycles. The molecule has 16 heavy (non-hydrogen) atoms. The maximum absolute atomic E-state index is 5.82. The SMILES string of the molecule is C=C(C)CNc1ccc(N)c(OC(C)C)c1. The van der Waals surface area contributed by atoms with Crippen LogP contribution >= 0.6 is 0 Å². The number of ether oxygens (including phenoxy) is 1. The zero-order chi connectivity index (χ0) is 12.1. The van der Waals surface area contributed by atoms with Gasteiger partial charge in [0.2, 0.25) is 0 Å². The second-order valence-electron chi connectivity index (χ2n) is 4.23. The van der Waals surface area contributed by atoms with Gasteiger partial charge in [-0.2, -0.15) is 0 Å². The second-order valence-corrected chi connectivity index (χ2v) is 4.23. The molecule has 3 N–H and O–H groups in total. The third-order valence-electron chi connectivity index (χ3n) is 1.97. The molecule has 0 bridgehead atoms. The molecule has 0 aromatic heterocycles. The molecule has 0 aliphatic carbocycles. The molecule has 1 aromatic rings. The Bertz CT molecular complexity index is 372. The van der Waals surface area contributed by atoms with Crippen molar-refractivity contribution >= 4 is 11.4 Å². The summed E-state index contributed by atoms with van der Waals surface area (Å²) in [7, 11) is 0. The second kappa shape index (κ2) is 5.45. The van der Waals surface area contributed by atoms with Crippen molar-refractivity contribution in [1.29, 1.82) is 0 Å². The number of nitrogens with two attached hydrogens (primary N) is 1. The Labute approximate surface area is 97.3 Å². The number of nitrogens with one attached hydrogen (secondary N) is 1. The molecule has 1 rings (SSSR count). The van der Waals surface area contributed by atoms with Crippen LogP contribution in [0.1, 0.15) is 20.8 Å². The molecular weight excluding hydrogens is 200 g/mol. The summed E-state index contributed by atoms with van der Waals surface area (Å²) in [6, 6.07) is 5.70. The molecule has 88 valence electrons. The molecule has 0 saturated carbocycles. The molecule has 0 heterocycles. The molecule has 0 atom stereocenters. The number of rotatable bonds is 5. The van der Waals surface area contributed by atoms with E-state index < -0.39 is 0 Å². The Morgan fingerprint density at radius 3 is 2.75 bits per heavy atom. The summed E-state index contributed by atoms with van der Waals surface area (Å²) >= 11 is 0. The Kier molecular flexibility index (Phi) is 4.23. The first-order valence-corrected chi connectivity index (χ1v) is 5.43. The van der Waals surface area contributed by atoms with Gasteiger partial charge >= 0.3 is 0 Å². The largest absolute Gasteiger partial charge is 0.489 e. The molecule has 0 amide bonds. The molecule has 3 nitrogen and oxygen atoms in total. The monoisotopic (exact) mass is 220 g/mol. The van der Waals surface area contributed by atoms with Gasteiger partial charge in [0.25, 0.3) is 0 Å². The molecule has 0 spiro atoms. The van der Waals surface area contributed by atoms with Gasteiger partial charge < -0.3 is 15.8 Å². The first-order chi connectivity index (χ1) is 7.49. The van der Waals surface area contributed by atoms with Gasteiger partial charge in [0, 0.05) is 18.3 Å². The molecule has 0 aliphatic heterocycles. The molecule has 0 fully saturated rings. The average Bonchev–Trinajstić information content (AvgIpc) is 2.18. The fourth-order valence-electron chi connectivity index (χ4n) is 1.25. The molecule has 0 aliphatic rings. The van der Waals surface area contributed by atoms with Crippen LogP contribution < -0.4 is 15.8 Å². The van der Waals surface area contributed by atoms with Gasteiger partial charge in [0.15, 0.2) is 0 Å². The fraction of sp³-hybridized carbons (Fsp3) is 0.385. The van der Waals surface area contributed by atoms with Gasteiger partial charge in [0.1, 0.15) is 5.75 Å². The number of nitrogen functional groups attached to an aromatic ring is 1. The smallest absolute Gasteiger partial charge is 0.144 e. The number of benzene rings is 1. The summed E-state index contributed by atoms with van der Waals surface area (Å²) in [5.74, 6) is 0.724. The first-order valence-electron chi connectivity index (χ1n) is 5.43. The van der Waals surface area contributed by atoms with Gasteiger partial charge in [-0.1, -0.05) is 12.2 Å². The van der Waals surface area contributed by atoms with Crippen molar-refractivity contribution < 1.29 is 4.74 Å². The van der Waals surface area contributed by atoms with Crippen molar-refractivity contribution in [3.05, 3.63) is 30.4 Å². The lowest BCUT2D eigenvalue weighted by molar-refractivity contribution is 0.244. The standard InChI is InChI=1S/C13H20N2O/c1-9(2)8-15-11-5-6-12(14)13(7-11)16-10(3)4/h5-7,10,15H,1,8,14H2,2-4H3. The number of hydrogen-bond acceptors (Lipinski definition) is 3. The molecule has 1 aromatic carbocycles. The maximum Gasteiger partial charge on any atom is 0.144 e. The lowest BCUT2D eigenvalue weighted by Crippen LogP contribution is -2.08. The van der Waals surface area contributed by atoms with E-state index in [1.165, 1.54) is 0 Å². The minimum absolute atomic E-state index is 0.124. The highest BCUT2D eigenvalue weighted by atomic mass is 16.5. The van der Waals surface area contributed by atoms with Crippen LogP contribution in [0.5, 0.6) is 5.75 Å². The van der Waals surface area contributed by atoms with E-state index in [4.69, 9.17) is 10.5 Å². The molecule has 0 unspecified atom stereocenters. The van der Waals surface area contributed by atoms with E-state index in [0.717, 1.165) is 23.6 Å². The minimum atomic E-state index is 0.124.